The van der Waals surface area contributed by atoms with Crippen molar-refractivity contribution >= 4 is 17.8 Å². The van der Waals surface area contributed by atoms with Gasteiger partial charge in [0, 0.05) is 25.4 Å². The number of piperidine rings is 1. The second-order valence-electron chi connectivity index (χ2n) is 8.54. The fourth-order valence-corrected chi connectivity index (χ4v) is 4.64. The molecule has 0 aliphatic carbocycles. The number of hydrogen-bond acceptors (Lipinski definition) is 6. The van der Waals surface area contributed by atoms with Crippen LogP contribution in [0.4, 0.5) is 4.79 Å². The van der Waals surface area contributed by atoms with Crippen molar-refractivity contribution in [1.82, 2.24) is 20.1 Å². The van der Waals surface area contributed by atoms with Crippen molar-refractivity contribution in [2.45, 2.75) is 50.7 Å². The summed E-state index contributed by atoms with van der Waals surface area (Å²) in [7, 11) is 3.08. The Morgan fingerprint density at radius 3 is 2.71 bits per heavy atom. The zero-order valence-corrected chi connectivity index (χ0v) is 19.5. The summed E-state index contributed by atoms with van der Waals surface area (Å²) in [4.78, 5) is 45.8. The van der Waals surface area contributed by atoms with Crippen molar-refractivity contribution < 1.29 is 23.9 Å². The van der Waals surface area contributed by atoms with Gasteiger partial charge < -0.3 is 19.7 Å². The van der Waals surface area contributed by atoms with Gasteiger partial charge in [-0.2, -0.15) is 0 Å². The minimum Gasteiger partial charge on any atom is -0.493 e. The van der Waals surface area contributed by atoms with Gasteiger partial charge in [0.05, 0.1) is 26.8 Å². The molecule has 9 nitrogen and oxygen atoms in total. The molecule has 2 aliphatic rings. The molecule has 3 heterocycles. The van der Waals surface area contributed by atoms with Crippen molar-refractivity contribution in [3.8, 4) is 11.5 Å². The molecule has 0 spiro atoms. The Hall–Kier alpha value is -3.62. The Bertz CT molecular complexity index is 1040. The van der Waals surface area contributed by atoms with Gasteiger partial charge in [0.25, 0.3) is 5.91 Å². The second-order valence-corrected chi connectivity index (χ2v) is 8.54. The lowest BCUT2D eigenvalue weighted by Crippen LogP contribution is -2.39. The number of carbonyl (C=O) groups is 3. The fraction of sp³-hybridized carbons (Fsp3) is 0.440. The van der Waals surface area contributed by atoms with E-state index in [0.29, 0.717) is 18.0 Å². The first kappa shape index (κ1) is 23.5. The van der Waals surface area contributed by atoms with E-state index in [4.69, 9.17) is 9.47 Å². The number of aromatic nitrogens is 1. The van der Waals surface area contributed by atoms with Gasteiger partial charge in [-0.25, -0.2) is 4.79 Å². The van der Waals surface area contributed by atoms with Crippen LogP contribution < -0.4 is 14.8 Å². The molecule has 2 saturated heterocycles. The Labute approximate surface area is 199 Å². The fourth-order valence-electron chi connectivity index (χ4n) is 4.64. The summed E-state index contributed by atoms with van der Waals surface area (Å²) in [5.41, 5.74) is 1.77. The molecular weight excluding hydrogens is 436 g/mol. The first-order valence-corrected chi connectivity index (χ1v) is 11.5. The average molecular weight is 467 g/mol. The minimum absolute atomic E-state index is 0.00497. The maximum Gasteiger partial charge on any atom is 0.325 e. The summed E-state index contributed by atoms with van der Waals surface area (Å²) >= 11 is 0. The lowest BCUT2D eigenvalue weighted by molar-refractivity contribution is -0.135. The number of pyridine rings is 1. The number of hydrogen-bond donors (Lipinski definition) is 1. The minimum atomic E-state index is -0.710. The standard InChI is InChI=1S/C25H30N4O5/c1-33-21-10-8-17(14-22(21)34-2)16-29-24(31)19(27-25(29)32)9-11-23(30)28-13-4-3-7-20(28)18-6-5-12-26-15-18/h5-6,8,10,12,14-15,19-20H,3-4,7,9,11,13,16H2,1-2H3,(H,27,32)/t19-,20+/m1/s1. The zero-order chi connectivity index (χ0) is 24.1. The first-order chi connectivity index (χ1) is 16.5. The number of likely N-dealkylation sites (tertiary alicyclic amines) is 1. The Morgan fingerprint density at radius 2 is 1.97 bits per heavy atom. The van der Waals surface area contributed by atoms with Crippen LogP contribution in [0.15, 0.2) is 42.7 Å². The predicted molar refractivity (Wildman–Crippen MR) is 124 cm³/mol. The molecule has 0 bridgehead atoms. The Morgan fingerprint density at radius 1 is 1.15 bits per heavy atom. The van der Waals surface area contributed by atoms with Crippen molar-refractivity contribution in [2.24, 2.45) is 0 Å². The smallest absolute Gasteiger partial charge is 0.325 e. The van der Waals surface area contributed by atoms with Crippen LogP contribution in [0.25, 0.3) is 0 Å². The van der Waals surface area contributed by atoms with E-state index in [1.807, 2.05) is 23.2 Å². The quantitative estimate of drug-likeness (QED) is 0.600. The number of nitrogens with zero attached hydrogens (tertiary/aromatic N) is 3. The summed E-state index contributed by atoms with van der Waals surface area (Å²) in [5.74, 6) is 0.769. The third-order valence-corrected chi connectivity index (χ3v) is 6.43. The first-order valence-electron chi connectivity index (χ1n) is 11.5. The van der Waals surface area contributed by atoms with Crippen molar-refractivity contribution in [3.05, 3.63) is 53.9 Å². The molecule has 9 heteroatoms. The van der Waals surface area contributed by atoms with Crippen LogP contribution in [0.5, 0.6) is 11.5 Å². The van der Waals surface area contributed by atoms with Crippen molar-refractivity contribution in [1.29, 1.82) is 0 Å². The summed E-state index contributed by atoms with van der Waals surface area (Å²) in [6.45, 7) is 0.805. The van der Waals surface area contributed by atoms with Crippen LogP contribution >= 0.6 is 0 Å². The highest BCUT2D eigenvalue weighted by Gasteiger charge is 2.38. The van der Waals surface area contributed by atoms with Gasteiger partial charge in [-0.05, 0) is 55.0 Å². The Kier molecular flexibility index (Phi) is 7.30. The SMILES string of the molecule is COc1ccc(CN2C(=O)N[C@H](CCC(=O)N3CCCC[C@H]3c3cccnc3)C2=O)cc1OC. The van der Waals surface area contributed by atoms with Crippen LogP contribution in [0, 0.1) is 0 Å². The second kappa shape index (κ2) is 10.5. The number of carbonyl (C=O) groups excluding carboxylic acids is 3. The topological polar surface area (TPSA) is 101 Å². The molecule has 2 fully saturated rings. The maximum atomic E-state index is 13.1. The van der Waals surface area contributed by atoms with E-state index < -0.39 is 12.1 Å². The zero-order valence-electron chi connectivity index (χ0n) is 19.5. The summed E-state index contributed by atoms with van der Waals surface area (Å²) in [5, 5.41) is 2.73. The number of ether oxygens (including phenoxy) is 2. The summed E-state index contributed by atoms with van der Waals surface area (Å²) < 4.78 is 10.5. The molecule has 0 unspecified atom stereocenters. The van der Waals surface area contributed by atoms with E-state index in [1.54, 1.807) is 31.5 Å². The molecule has 2 aliphatic heterocycles. The van der Waals surface area contributed by atoms with Gasteiger partial charge in [0.15, 0.2) is 11.5 Å². The van der Waals surface area contributed by atoms with E-state index in [2.05, 4.69) is 10.3 Å². The molecule has 1 aromatic carbocycles. The van der Waals surface area contributed by atoms with E-state index in [0.717, 1.165) is 30.4 Å². The largest absolute Gasteiger partial charge is 0.493 e. The number of rotatable bonds is 8. The molecule has 0 radical (unpaired) electrons. The number of urea groups is 1. The van der Waals surface area contributed by atoms with E-state index >= 15 is 0 Å². The van der Waals surface area contributed by atoms with E-state index in [-0.39, 0.29) is 37.2 Å². The normalized spacial score (nSPS) is 20.3. The monoisotopic (exact) mass is 466 g/mol. The number of benzene rings is 1. The van der Waals surface area contributed by atoms with Gasteiger partial charge in [0.2, 0.25) is 5.91 Å². The lowest BCUT2D eigenvalue weighted by Gasteiger charge is -2.36. The number of amides is 4. The third-order valence-electron chi connectivity index (χ3n) is 6.43. The average Bonchev–Trinajstić information content (AvgIpc) is 3.15. The van der Waals surface area contributed by atoms with Gasteiger partial charge in [-0.15, -0.1) is 0 Å². The number of nitrogens with one attached hydrogen (secondary N) is 1. The molecule has 0 saturated carbocycles. The molecule has 180 valence electrons. The van der Waals surface area contributed by atoms with Gasteiger partial charge >= 0.3 is 6.03 Å². The maximum absolute atomic E-state index is 13.1. The third kappa shape index (κ3) is 4.98. The number of imide groups is 1. The summed E-state index contributed by atoms with van der Waals surface area (Å²) in [6.07, 6.45) is 6.91. The Balaban J connectivity index is 1.37. The van der Waals surface area contributed by atoms with Crippen molar-refractivity contribution in [2.75, 3.05) is 20.8 Å². The van der Waals surface area contributed by atoms with Crippen LogP contribution in [0.3, 0.4) is 0 Å². The highest BCUT2D eigenvalue weighted by molar-refractivity contribution is 6.04. The molecule has 4 amide bonds. The molecule has 2 aromatic rings. The molecular formula is C25H30N4O5. The molecule has 1 N–H and O–H groups in total. The molecule has 2 atom stereocenters. The van der Waals surface area contributed by atoms with Crippen molar-refractivity contribution in [3.63, 3.8) is 0 Å². The van der Waals surface area contributed by atoms with Gasteiger partial charge in [0.1, 0.15) is 6.04 Å². The lowest BCUT2D eigenvalue weighted by atomic mass is 9.95. The predicted octanol–water partition coefficient (Wildman–Crippen LogP) is 3.05. The highest BCUT2D eigenvalue weighted by Crippen LogP contribution is 2.32. The van der Waals surface area contributed by atoms with Crippen LogP contribution in [-0.2, 0) is 16.1 Å². The highest BCUT2D eigenvalue weighted by atomic mass is 16.5. The van der Waals surface area contributed by atoms with Crippen LogP contribution in [0.2, 0.25) is 0 Å². The van der Waals surface area contributed by atoms with Gasteiger partial charge in [-0.1, -0.05) is 12.1 Å². The molecule has 1 aromatic heterocycles. The van der Waals surface area contributed by atoms with E-state index in [9.17, 15) is 14.4 Å². The molecule has 34 heavy (non-hydrogen) atoms. The number of methoxy groups -OCH3 is 2. The van der Waals surface area contributed by atoms with E-state index in [1.165, 1.54) is 12.0 Å². The van der Waals surface area contributed by atoms with Gasteiger partial charge in [-0.3, -0.25) is 19.5 Å². The van der Waals surface area contributed by atoms with Crippen LogP contribution in [-0.4, -0.2) is 59.4 Å². The van der Waals surface area contributed by atoms with Crippen LogP contribution in [0.1, 0.15) is 49.3 Å². The molecule has 4 rings (SSSR count). The summed E-state index contributed by atoms with van der Waals surface area (Å²) in [6, 6.07) is 7.98.